The highest BCUT2D eigenvalue weighted by atomic mass is 32.2. The first-order chi connectivity index (χ1) is 9.56. The second-order valence-electron chi connectivity index (χ2n) is 3.78. The third kappa shape index (κ3) is 2.77. The molecule has 0 aromatic heterocycles. The summed E-state index contributed by atoms with van der Waals surface area (Å²) in [6.45, 7) is 0. The van der Waals surface area contributed by atoms with Gasteiger partial charge in [-0.2, -0.15) is 18.9 Å². The minimum atomic E-state index is -4.03. The minimum absolute atomic E-state index is 0.0284. The molecule has 5 nitrogen and oxygen atoms in total. The molecule has 0 aliphatic heterocycles. The van der Waals surface area contributed by atoms with Crippen LogP contribution in [0.4, 0.5) is 0 Å². The van der Waals surface area contributed by atoms with Gasteiger partial charge in [0, 0.05) is 0 Å². The van der Waals surface area contributed by atoms with Crippen LogP contribution in [0.3, 0.4) is 0 Å². The largest absolute Gasteiger partial charge is 0.378 e. The topological polar surface area (TPSA) is 90.9 Å². The third-order valence-electron chi connectivity index (χ3n) is 2.48. The quantitative estimate of drug-likeness (QED) is 0.806. The van der Waals surface area contributed by atoms with Gasteiger partial charge in [0.1, 0.15) is 11.0 Å². The van der Waals surface area contributed by atoms with Gasteiger partial charge >= 0.3 is 10.1 Å². The van der Waals surface area contributed by atoms with Crippen molar-refractivity contribution in [2.24, 2.45) is 0 Å². The van der Waals surface area contributed by atoms with Crippen LogP contribution in [0.15, 0.2) is 53.4 Å². The molecule has 0 unspecified atom stereocenters. The molecule has 0 saturated heterocycles. The molecule has 0 bridgehead atoms. The van der Waals surface area contributed by atoms with Crippen molar-refractivity contribution in [3.8, 4) is 17.9 Å². The van der Waals surface area contributed by atoms with E-state index in [9.17, 15) is 8.42 Å². The lowest BCUT2D eigenvalue weighted by Crippen LogP contribution is -2.10. The van der Waals surface area contributed by atoms with E-state index in [1.807, 2.05) is 12.1 Å². The summed E-state index contributed by atoms with van der Waals surface area (Å²) in [5, 5.41) is 17.6. The number of nitriles is 2. The van der Waals surface area contributed by atoms with Gasteiger partial charge in [0.25, 0.3) is 0 Å². The van der Waals surface area contributed by atoms with E-state index in [0.717, 1.165) is 0 Å². The Labute approximate surface area is 116 Å². The van der Waals surface area contributed by atoms with Gasteiger partial charge < -0.3 is 4.18 Å². The molecule has 0 fully saturated rings. The molecule has 0 aliphatic rings. The Morgan fingerprint density at radius 1 is 0.900 bits per heavy atom. The van der Waals surface area contributed by atoms with Crippen molar-refractivity contribution in [3.63, 3.8) is 0 Å². The average molecular weight is 284 g/mol. The molecule has 98 valence electrons. The predicted molar refractivity (Wildman–Crippen MR) is 70.1 cm³/mol. The number of para-hydroxylation sites is 1. The predicted octanol–water partition coefficient (Wildman–Crippen LogP) is 2.20. The normalized spacial score (nSPS) is 10.3. The Morgan fingerprint density at radius 3 is 2.15 bits per heavy atom. The van der Waals surface area contributed by atoms with E-state index in [1.54, 1.807) is 12.1 Å². The van der Waals surface area contributed by atoms with Crippen molar-refractivity contribution in [2.75, 3.05) is 0 Å². The van der Waals surface area contributed by atoms with Crippen LogP contribution in [0.5, 0.6) is 5.75 Å². The first-order valence-corrected chi connectivity index (χ1v) is 6.91. The van der Waals surface area contributed by atoms with Crippen molar-refractivity contribution in [3.05, 3.63) is 59.7 Å². The molecule has 0 amide bonds. The molecule has 0 atom stereocenters. The number of hydrogen-bond acceptors (Lipinski definition) is 5. The van der Waals surface area contributed by atoms with Crippen molar-refractivity contribution in [1.82, 2.24) is 0 Å². The fourth-order valence-corrected chi connectivity index (χ4v) is 2.44. The van der Waals surface area contributed by atoms with Crippen LogP contribution in [0.2, 0.25) is 0 Å². The molecule has 6 heteroatoms. The average Bonchev–Trinajstić information content (AvgIpc) is 2.47. The molecule has 20 heavy (non-hydrogen) atoms. The van der Waals surface area contributed by atoms with Crippen LogP contribution < -0.4 is 4.18 Å². The molecule has 0 aliphatic carbocycles. The summed E-state index contributed by atoms with van der Waals surface area (Å²) in [6, 6.07) is 15.1. The number of rotatable bonds is 3. The highest BCUT2D eigenvalue weighted by molar-refractivity contribution is 7.87. The van der Waals surface area contributed by atoms with Crippen LogP contribution in [0.1, 0.15) is 11.1 Å². The third-order valence-corrected chi connectivity index (χ3v) is 3.73. The van der Waals surface area contributed by atoms with E-state index in [1.165, 1.54) is 36.4 Å². The SMILES string of the molecule is N#Cc1ccc(S(=O)(=O)Oc2ccccc2C#N)cc1. The van der Waals surface area contributed by atoms with E-state index < -0.39 is 10.1 Å². The van der Waals surface area contributed by atoms with Crippen molar-refractivity contribution < 1.29 is 12.6 Å². The van der Waals surface area contributed by atoms with E-state index in [2.05, 4.69) is 0 Å². The number of hydrogen-bond donors (Lipinski definition) is 0. The van der Waals surface area contributed by atoms with Gasteiger partial charge in [-0.15, -0.1) is 0 Å². The number of benzene rings is 2. The van der Waals surface area contributed by atoms with E-state index in [-0.39, 0.29) is 16.2 Å². The summed E-state index contributed by atoms with van der Waals surface area (Å²) in [6.07, 6.45) is 0. The van der Waals surface area contributed by atoms with Crippen molar-refractivity contribution in [2.45, 2.75) is 4.90 Å². The Balaban J connectivity index is 2.36. The van der Waals surface area contributed by atoms with Crippen LogP contribution in [0, 0.1) is 22.7 Å². The summed E-state index contributed by atoms with van der Waals surface area (Å²) in [7, 11) is -4.03. The second kappa shape index (κ2) is 5.43. The molecule has 2 aromatic rings. The van der Waals surface area contributed by atoms with Gasteiger partial charge in [0.2, 0.25) is 0 Å². The zero-order chi connectivity index (χ0) is 14.6. The Hall–Kier alpha value is -2.83. The van der Waals surface area contributed by atoms with Crippen molar-refractivity contribution in [1.29, 1.82) is 10.5 Å². The standard InChI is InChI=1S/C14H8N2O3S/c15-9-11-5-7-13(8-6-11)20(17,18)19-14-4-2-1-3-12(14)10-16/h1-8H. The fourth-order valence-electron chi connectivity index (χ4n) is 1.49. The van der Waals surface area contributed by atoms with Crippen LogP contribution in [-0.2, 0) is 10.1 Å². The molecule has 0 spiro atoms. The molecular formula is C14H8N2O3S. The fraction of sp³-hybridized carbons (Fsp3) is 0. The maximum absolute atomic E-state index is 12.1. The summed E-state index contributed by atoms with van der Waals surface area (Å²) in [5.41, 5.74) is 0.478. The first kappa shape index (κ1) is 13.6. The summed E-state index contributed by atoms with van der Waals surface area (Å²) in [5.74, 6) is -0.0284. The smallest absolute Gasteiger partial charge is 0.339 e. The van der Waals surface area contributed by atoms with Crippen LogP contribution >= 0.6 is 0 Å². The monoisotopic (exact) mass is 284 g/mol. The lowest BCUT2D eigenvalue weighted by molar-refractivity contribution is 0.485. The zero-order valence-electron chi connectivity index (χ0n) is 10.1. The van der Waals surface area contributed by atoms with E-state index in [0.29, 0.717) is 5.56 Å². The van der Waals surface area contributed by atoms with Crippen LogP contribution in [-0.4, -0.2) is 8.42 Å². The maximum atomic E-state index is 12.1. The molecule has 0 saturated carbocycles. The van der Waals surface area contributed by atoms with Gasteiger partial charge in [-0.25, -0.2) is 0 Å². The highest BCUT2D eigenvalue weighted by Gasteiger charge is 2.18. The maximum Gasteiger partial charge on any atom is 0.339 e. The first-order valence-electron chi connectivity index (χ1n) is 5.50. The number of nitrogens with zero attached hydrogens (tertiary/aromatic N) is 2. The van der Waals surface area contributed by atoms with Gasteiger partial charge in [-0.1, -0.05) is 12.1 Å². The lowest BCUT2D eigenvalue weighted by Gasteiger charge is -2.08. The summed E-state index contributed by atoms with van der Waals surface area (Å²) in [4.78, 5) is -0.0794. The molecule has 2 aromatic carbocycles. The molecule has 0 heterocycles. The summed E-state index contributed by atoms with van der Waals surface area (Å²) < 4.78 is 29.1. The van der Waals surface area contributed by atoms with Gasteiger partial charge in [0.05, 0.1) is 17.2 Å². The van der Waals surface area contributed by atoms with Gasteiger partial charge in [0.15, 0.2) is 5.75 Å². The Bertz CT molecular complexity index is 813. The Kier molecular flexibility index (Phi) is 3.69. The molecule has 0 radical (unpaired) electrons. The van der Waals surface area contributed by atoms with Crippen molar-refractivity contribution >= 4 is 10.1 Å². The molecule has 2 rings (SSSR count). The molecule has 0 N–H and O–H groups in total. The minimum Gasteiger partial charge on any atom is -0.378 e. The van der Waals surface area contributed by atoms with E-state index in [4.69, 9.17) is 14.7 Å². The Morgan fingerprint density at radius 2 is 1.55 bits per heavy atom. The molecular weight excluding hydrogens is 276 g/mol. The van der Waals surface area contributed by atoms with E-state index >= 15 is 0 Å². The highest BCUT2D eigenvalue weighted by Crippen LogP contribution is 2.22. The van der Waals surface area contributed by atoms with Gasteiger partial charge in [-0.05, 0) is 36.4 Å². The lowest BCUT2D eigenvalue weighted by atomic mass is 10.2. The van der Waals surface area contributed by atoms with Gasteiger partial charge in [-0.3, -0.25) is 0 Å². The van der Waals surface area contributed by atoms with Crippen LogP contribution in [0.25, 0.3) is 0 Å². The summed E-state index contributed by atoms with van der Waals surface area (Å²) >= 11 is 0. The second-order valence-corrected chi connectivity index (χ2v) is 5.33. The zero-order valence-corrected chi connectivity index (χ0v) is 11.0.